The van der Waals surface area contributed by atoms with E-state index in [-0.39, 0.29) is 35.6 Å². The van der Waals surface area contributed by atoms with Crippen molar-refractivity contribution in [2.75, 3.05) is 19.5 Å². The van der Waals surface area contributed by atoms with Crippen LogP contribution in [0.5, 0.6) is 0 Å². The van der Waals surface area contributed by atoms with Crippen LogP contribution in [0.15, 0.2) is 22.2 Å². The smallest absolute Gasteiger partial charge is 0.742 e. The van der Waals surface area contributed by atoms with Gasteiger partial charge in [-0.2, -0.15) is 0 Å². The van der Waals surface area contributed by atoms with Gasteiger partial charge in [-0.3, -0.25) is 9.36 Å². The predicted octanol–water partition coefficient (Wildman–Crippen LogP) is 0.0594. The predicted molar refractivity (Wildman–Crippen MR) is 91.6 cm³/mol. The largest absolute Gasteiger partial charge is 1.00 e. The Labute approximate surface area is 159 Å². The molecular weight excluding hydrogens is 350 g/mol. The molecule has 23 heavy (non-hydrogen) atoms. The van der Waals surface area contributed by atoms with Gasteiger partial charge >= 0.3 is 26.5 Å². The average Bonchev–Trinajstić information content (AvgIpc) is 2.45. The van der Waals surface area contributed by atoms with Gasteiger partial charge in [-0.15, -0.1) is 11.8 Å². The van der Waals surface area contributed by atoms with Gasteiger partial charge in [0, 0.05) is 12.3 Å². The molecule has 0 aromatic carbocycles. The summed E-state index contributed by atoms with van der Waals surface area (Å²) in [7, 11) is -3.31. The number of hydrogen-bond acceptors (Lipinski definition) is 7. The summed E-state index contributed by atoms with van der Waals surface area (Å²) in [6.45, 7) is 6.12. The molecule has 0 aliphatic carbocycles. The van der Waals surface area contributed by atoms with Crippen molar-refractivity contribution in [3.8, 4) is 0 Å². The van der Waals surface area contributed by atoms with Crippen molar-refractivity contribution in [2.24, 2.45) is 0 Å². The Morgan fingerprint density at radius 3 is 2.30 bits per heavy atom. The molecule has 6 nitrogen and oxygen atoms in total. The second-order valence-electron chi connectivity index (χ2n) is 4.43. The van der Waals surface area contributed by atoms with Gasteiger partial charge < -0.3 is 26.2 Å². The molecule has 0 radical (unpaired) electrons. The first kappa shape index (κ1) is 23.2. The number of thioether (sulfide) groups is 1. The number of hydrogen-bond donors (Lipinski definition) is 0. The van der Waals surface area contributed by atoms with Gasteiger partial charge in [0.1, 0.15) is 4.99 Å². The fraction of sp³-hybridized carbons (Fsp3) is 0.692. The number of aromatic nitrogens is 2. The molecule has 0 bridgehead atoms. The van der Waals surface area contributed by atoms with E-state index < -0.39 is 12.6 Å². The van der Waals surface area contributed by atoms with Crippen molar-refractivity contribution in [3.05, 3.63) is 22.6 Å². The minimum absolute atomic E-state index is 0. The Bertz CT molecular complexity index is 577. The molecule has 0 N–H and O–H groups in total. The molecular formula is C13H22LiN2O4PS2. The maximum Gasteiger partial charge on any atom is 1.00 e. The minimum Gasteiger partial charge on any atom is -0.742 e. The van der Waals surface area contributed by atoms with Crippen LogP contribution in [0, 0.1) is 0 Å². The van der Waals surface area contributed by atoms with Gasteiger partial charge in [-0.25, -0.2) is 4.98 Å². The van der Waals surface area contributed by atoms with E-state index in [2.05, 4.69) is 4.98 Å². The first-order valence-electron chi connectivity index (χ1n) is 7.11. The third-order valence-corrected chi connectivity index (χ3v) is 7.79. The molecule has 0 saturated carbocycles. The molecule has 1 rings (SSSR count). The summed E-state index contributed by atoms with van der Waals surface area (Å²) < 4.78 is 25.7. The molecule has 2 atom stereocenters. The summed E-state index contributed by atoms with van der Waals surface area (Å²) >= 11 is 6.58. The Balaban J connectivity index is 0.00000484. The van der Waals surface area contributed by atoms with Gasteiger partial charge in [-0.1, -0.05) is 6.92 Å². The van der Waals surface area contributed by atoms with Crippen LogP contribution in [0.25, 0.3) is 0 Å². The summed E-state index contributed by atoms with van der Waals surface area (Å²) in [6.07, 6.45) is 4.11. The van der Waals surface area contributed by atoms with E-state index in [0.717, 1.165) is 0 Å². The van der Waals surface area contributed by atoms with Crippen LogP contribution in [-0.2, 0) is 26.2 Å². The Morgan fingerprint density at radius 1 is 1.35 bits per heavy atom. The Morgan fingerprint density at radius 2 is 1.91 bits per heavy atom. The van der Waals surface area contributed by atoms with E-state index in [9.17, 15) is 9.36 Å². The molecule has 10 heteroatoms. The van der Waals surface area contributed by atoms with Gasteiger partial charge in [0.2, 0.25) is 0 Å². The normalized spacial score (nSPS) is 14.1. The second kappa shape index (κ2) is 10.9. The summed E-state index contributed by atoms with van der Waals surface area (Å²) in [4.78, 5) is 14.6. The minimum atomic E-state index is -3.31. The molecule has 1 aromatic rings. The van der Waals surface area contributed by atoms with E-state index in [4.69, 9.17) is 21.7 Å². The van der Waals surface area contributed by atoms with Crippen LogP contribution in [0.3, 0.4) is 0 Å². The molecule has 0 saturated heterocycles. The van der Waals surface area contributed by atoms with Crippen molar-refractivity contribution in [1.29, 1.82) is 0 Å². The quantitative estimate of drug-likeness (QED) is 0.263. The van der Waals surface area contributed by atoms with Gasteiger partial charge in [0.15, 0.2) is 0 Å². The number of nitrogens with zero attached hydrogens (tertiary/aromatic N) is 2. The summed E-state index contributed by atoms with van der Waals surface area (Å²) in [5.74, 6) is 0. The zero-order valence-corrected chi connectivity index (χ0v) is 16.7. The molecule has 0 amide bonds. The second-order valence-corrected chi connectivity index (χ2v) is 8.28. The summed E-state index contributed by atoms with van der Waals surface area (Å²) in [5.41, 5.74) is -0.380. The molecule has 1 aromatic heterocycles. The fourth-order valence-electron chi connectivity index (χ4n) is 2.23. The summed E-state index contributed by atoms with van der Waals surface area (Å²) in [6, 6.07) is 1.11. The molecule has 0 aliphatic rings. The first-order chi connectivity index (χ1) is 10.4. The number of rotatable bonds is 9. The van der Waals surface area contributed by atoms with Crippen molar-refractivity contribution < 1.29 is 32.5 Å². The molecule has 0 spiro atoms. The third-order valence-electron chi connectivity index (χ3n) is 3.08. The monoisotopic (exact) mass is 372 g/mol. The Kier molecular flexibility index (Phi) is 11.0. The van der Waals surface area contributed by atoms with Crippen molar-refractivity contribution >= 4 is 32.0 Å². The van der Waals surface area contributed by atoms with Crippen molar-refractivity contribution in [3.63, 3.8) is 0 Å². The van der Waals surface area contributed by atoms with Crippen LogP contribution in [0.4, 0.5) is 0 Å². The first-order valence-corrected chi connectivity index (χ1v) is 10.4. The van der Waals surface area contributed by atoms with Crippen LogP contribution < -0.4 is 24.4 Å². The molecule has 2 unspecified atom stereocenters. The Hall–Kier alpha value is 0.197. The molecule has 0 fully saturated rings. The third kappa shape index (κ3) is 5.89. The molecule has 0 aliphatic heterocycles. The van der Waals surface area contributed by atoms with Crippen LogP contribution >= 0.6 is 19.4 Å². The molecule has 126 valence electrons. The average molecular weight is 372 g/mol. The molecule has 1 heterocycles. The zero-order chi connectivity index (χ0) is 16.8. The van der Waals surface area contributed by atoms with E-state index in [1.54, 1.807) is 24.6 Å². The van der Waals surface area contributed by atoms with E-state index in [0.29, 0.717) is 19.6 Å². The van der Waals surface area contributed by atoms with Gasteiger partial charge in [0.25, 0.3) is 5.56 Å². The van der Waals surface area contributed by atoms with E-state index in [1.807, 2.05) is 13.2 Å². The van der Waals surface area contributed by atoms with Crippen molar-refractivity contribution in [2.45, 2.75) is 43.4 Å². The van der Waals surface area contributed by atoms with Crippen LogP contribution in [0.1, 0.15) is 33.2 Å². The maximum atomic E-state index is 13.1. The maximum absolute atomic E-state index is 13.1. The van der Waals surface area contributed by atoms with Crippen LogP contribution in [-0.4, -0.2) is 34.0 Å². The van der Waals surface area contributed by atoms with Gasteiger partial charge in [-0.05, 0) is 31.7 Å². The topological polar surface area (TPSA) is 70.4 Å². The van der Waals surface area contributed by atoms with Crippen LogP contribution in [0.2, 0.25) is 0 Å². The SMILES string of the molecule is CCOP(=O)(OCC)C(SC)C(CC)n1ccc(=O)nc1[S-].[Li+]. The van der Waals surface area contributed by atoms with Crippen molar-refractivity contribution in [1.82, 2.24) is 9.55 Å². The van der Waals surface area contributed by atoms with E-state index >= 15 is 0 Å². The summed E-state index contributed by atoms with van der Waals surface area (Å²) in [5, 5.41) is 0.179. The fourth-order valence-corrected chi connectivity index (χ4v) is 6.41. The standard InChI is InChI=1S/C13H23N2O4PS2.Li/c1-5-10(15-9-8-11(16)14-13(15)21)12(22-4)20(17,18-6-2)19-7-3;/h8-10,12H,5-7H2,1-4H3,(H,14,16,21);/q;+1/p-1. The van der Waals surface area contributed by atoms with Gasteiger partial charge in [0.05, 0.1) is 19.3 Å². The van der Waals surface area contributed by atoms with E-state index in [1.165, 1.54) is 17.8 Å². The zero-order valence-electron chi connectivity index (χ0n) is 14.2.